The zero-order valence-electron chi connectivity index (χ0n) is 17.7. The van der Waals surface area contributed by atoms with Crippen molar-refractivity contribution < 1.29 is 4.92 Å². The Morgan fingerprint density at radius 2 is 1.67 bits per heavy atom. The van der Waals surface area contributed by atoms with Crippen LogP contribution in [0.2, 0.25) is 0 Å². The highest BCUT2D eigenvalue weighted by atomic mass is 16.6. The van der Waals surface area contributed by atoms with Gasteiger partial charge in [-0.1, -0.05) is 54.6 Å². The summed E-state index contributed by atoms with van der Waals surface area (Å²) in [5.41, 5.74) is 4.32. The molecule has 5 nitrogen and oxygen atoms in total. The molecule has 5 heteroatoms. The summed E-state index contributed by atoms with van der Waals surface area (Å²) in [6.07, 6.45) is 3.91. The molecule has 1 aromatic heterocycles. The van der Waals surface area contributed by atoms with Gasteiger partial charge in [-0.25, -0.2) is 0 Å². The van der Waals surface area contributed by atoms with Gasteiger partial charge in [-0.3, -0.25) is 10.1 Å². The van der Waals surface area contributed by atoms with Crippen molar-refractivity contribution in [2.45, 2.75) is 6.54 Å². The second-order valence-corrected chi connectivity index (χ2v) is 7.88. The summed E-state index contributed by atoms with van der Waals surface area (Å²) in [6, 6.07) is 31.2. The molecule has 0 unspecified atom stereocenters. The first-order valence-electron chi connectivity index (χ1n) is 10.5. The molecule has 0 aliphatic carbocycles. The molecule has 1 heterocycles. The van der Waals surface area contributed by atoms with Gasteiger partial charge in [0.25, 0.3) is 5.69 Å². The van der Waals surface area contributed by atoms with E-state index in [-0.39, 0.29) is 5.69 Å². The number of aromatic nitrogens is 1. The van der Waals surface area contributed by atoms with Crippen molar-refractivity contribution in [1.29, 1.82) is 5.26 Å². The zero-order valence-corrected chi connectivity index (χ0v) is 17.7. The number of fused-ring (bicyclic) bond motifs is 2. The van der Waals surface area contributed by atoms with Crippen molar-refractivity contribution in [2.75, 3.05) is 0 Å². The molecule has 0 saturated carbocycles. The van der Waals surface area contributed by atoms with E-state index in [1.54, 1.807) is 12.1 Å². The average molecular weight is 429 g/mol. The van der Waals surface area contributed by atoms with E-state index < -0.39 is 4.92 Å². The number of nitriles is 1. The van der Waals surface area contributed by atoms with E-state index in [4.69, 9.17) is 0 Å². The van der Waals surface area contributed by atoms with Crippen LogP contribution in [0, 0.1) is 21.4 Å². The van der Waals surface area contributed by atoms with E-state index in [9.17, 15) is 15.4 Å². The predicted molar refractivity (Wildman–Crippen MR) is 132 cm³/mol. The molecule has 0 aliphatic heterocycles. The van der Waals surface area contributed by atoms with Gasteiger partial charge in [0.15, 0.2) is 0 Å². The molecule has 0 spiro atoms. The van der Waals surface area contributed by atoms with Crippen LogP contribution in [0.15, 0.2) is 97.2 Å². The summed E-state index contributed by atoms with van der Waals surface area (Å²) in [5, 5.41) is 24.2. The van der Waals surface area contributed by atoms with Crippen LogP contribution in [0.1, 0.15) is 16.7 Å². The minimum atomic E-state index is -0.444. The fourth-order valence-electron chi connectivity index (χ4n) is 4.15. The number of para-hydroxylation sites is 1. The molecule has 5 aromatic rings. The lowest BCUT2D eigenvalue weighted by atomic mass is 10.0. The van der Waals surface area contributed by atoms with E-state index in [1.165, 1.54) is 28.5 Å². The summed E-state index contributed by atoms with van der Waals surface area (Å²) < 4.78 is 2.19. The third-order valence-corrected chi connectivity index (χ3v) is 5.80. The van der Waals surface area contributed by atoms with Gasteiger partial charge in [-0.05, 0) is 52.2 Å². The SMILES string of the molecule is N#C/C(=C/c1cn(Cc2ccc3ccccc3c2)c2ccccc12)c1ccc([N+](=O)[O-])cc1. The third-order valence-electron chi connectivity index (χ3n) is 5.80. The minimum Gasteiger partial charge on any atom is -0.342 e. The highest BCUT2D eigenvalue weighted by molar-refractivity contribution is 5.98. The number of rotatable bonds is 5. The van der Waals surface area contributed by atoms with E-state index in [0.717, 1.165) is 16.5 Å². The van der Waals surface area contributed by atoms with Crippen LogP contribution in [-0.4, -0.2) is 9.49 Å². The smallest absolute Gasteiger partial charge is 0.269 e. The largest absolute Gasteiger partial charge is 0.342 e. The molecule has 33 heavy (non-hydrogen) atoms. The predicted octanol–water partition coefficient (Wildman–Crippen LogP) is 6.82. The molecule has 0 aliphatic rings. The summed E-state index contributed by atoms with van der Waals surface area (Å²) in [5.74, 6) is 0. The van der Waals surface area contributed by atoms with Crippen molar-refractivity contribution >= 4 is 39.0 Å². The summed E-state index contributed by atoms with van der Waals surface area (Å²) in [6.45, 7) is 0.707. The number of hydrogen-bond acceptors (Lipinski definition) is 3. The topological polar surface area (TPSA) is 71.9 Å². The first-order valence-corrected chi connectivity index (χ1v) is 10.5. The lowest BCUT2D eigenvalue weighted by molar-refractivity contribution is -0.384. The molecule has 0 N–H and O–H groups in total. The molecule has 0 bridgehead atoms. The minimum absolute atomic E-state index is 0.00280. The normalized spacial score (nSPS) is 11.5. The van der Waals surface area contributed by atoms with Gasteiger partial charge >= 0.3 is 0 Å². The summed E-state index contributed by atoms with van der Waals surface area (Å²) >= 11 is 0. The van der Waals surface area contributed by atoms with Crippen LogP contribution in [-0.2, 0) is 6.54 Å². The number of allylic oxidation sites excluding steroid dienone is 1. The van der Waals surface area contributed by atoms with E-state index >= 15 is 0 Å². The van der Waals surface area contributed by atoms with Gasteiger partial charge in [0, 0.05) is 41.3 Å². The molecule has 5 rings (SSSR count). The highest BCUT2D eigenvalue weighted by Crippen LogP contribution is 2.28. The average Bonchev–Trinajstić information content (AvgIpc) is 3.19. The van der Waals surface area contributed by atoms with Crippen molar-refractivity contribution in [3.8, 4) is 6.07 Å². The molecular formula is C28H19N3O2. The molecule has 0 amide bonds. The van der Waals surface area contributed by atoms with Crippen LogP contribution >= 0.6 is 0 Å². The number of nitro benzene ring substituents is 1. The first kappa shape index (κ1) is 20.2. The quantitative estimate of drug-likeness (QED) is 0.175. The summed E-state index contributed by atoms with van der Waals surface area (Å²) in [7, 11) is 0. The maximum atomic E-state index is 10.9. The lowest BCUT2D eigenvalue weighted by Gasteiger charge is -2.07. The van der Waals surface area contributed by atoms with E-state index in [0.29, 0.717) is 17.7 Å². The van der Waals surface area contributed by atoms with Crippen LogP contribution < -0.4 is 0 Å². The van der Waals surface area contributed by atoms with Gasteiger partial charge in [0.05, 0.1) is 16.6 Å². The Kier molecular flexibility index (Phi) is 5.18. The Morgan fingerprint density at radius 1 is 0.939 bits per heavy atom. The van der Waals surface area contributed by atoms with Crippen LogP contribution in [0.25, 0.3) is 33.3 Å². The Bertz CT molecular complexity index is 1570. The van der Waals surface area contributed by atoms with Gasteiger partial charge in [0.2, 0.25) is 0 Å². The Morgan fingerprint density at radius 3 is 2.42 bits per heavy atom. The second kappa shape index (κ2) is 8.45. The highest BCUT2D eigenvalue weighted by Gasteiger charge is 2.11. The Hall–Kier alpha value is -4.69. The molecule has 0 atom stereocenters. The number of nitro groups is 1. The molecule has 0 saturated heterocycles. The van der Waals surface area contributed by atoms with E-state index in [1.807, 2.05) is 36.4 Å². The number of nitrogens with zero attached hydrogens (tertiary/aromatic N) is 3. The second-order valence-electron chi connectivity index (χ2n) is 7.88. The Labute approximate surface area is 190 Å². The van der Waals surface area contributed by atoms with E-state index in [2.05, 4.69) is 53.2 Å². The Balaban J connectivity index is 1.55. The molecular weight excluding hydrogens is 410 g/mol. The lowest BCUT2D eigenvalue weighted by Crippen LogP contribution is -1.97. The fourth-order valence-corrected chi connectivity index (χ4v) is 4.15. The third kappa shape index (κ3) is 3.98. The standard InChI is InChI=1S/C28H19N3O2/c29-17-24(22-11-13-26(14-12-22)31(32)33)16-25-19-30(28-8-4-3-7-27(25)28)18-20-9-10-21-5-1-2-6-23(21)15-20/h1-16,19H,18H2/b24-16-. The number of hydrogen-bond donors (Lipinski definition) is 0. The van der Waals surface area contributed by atoms with Gasteiger partial charge < -0.3 is 4.57 Å². The van der Waals surface area contributed by atoms with Gasteiger partial charge in [-0.15, -0.1) is 0 Å². The monoisotopic (exact) mass is 429 g/mol. The van der Waals surface area contributed by atoms with Gasteiger partial charge in [-0.2, -0.15) is 5.26 Å². The van der Waals surface area contributed by atoms with Crippen molar-refractivity contribution in [3.05, 3.63) is 124 Å². The number of non-ortho nitro benzene ring substituents is 1. The molecule has 0 radical (unpaired) electrons. The zero-order chi connectivity index (χ0) is 22.8. The summed E-state index contributed by atoms with van der Waals surface area (Å²) in [4.78, 5) is 10.5. The molecule has 0 fully saturated rings. The molecule has 4 aromatic carbocycles. The van der Waals surface area contributed by atoms with Crippen molar-refractivity contribution in [2.24, 2.45) is 0 Å². The van der Waals surface area contributed by atoms with Crippen molar-refractivity contribution in [1.82, 2.24) is 4.57 Å². The van der Waals surface area contributed by atoms with Crippen molar-refractivity contribution in [3.63, 3.8) is 0 Å². The molecule has 158 valence electrons. The maximum Gasteiger partial charge on any atom is 0.269 e. The van der Waals surface area contributed by atoms with Crippen LogP contribution in [0.5, 0.6) is 0 Å². The number of benzene rings is 4. The fraction of sp³-hybridized carbons (Fsp3) is 0.0357. The maximum absolute atomic E-state index is 10.9. The first-order chi connectivity index (χ1) is 16.1. The van der Waals surface area contributed by atoms with Crippen LogP contribution in [0.4, 0.5) is 5.69 Å². The van der Waals surface area contributed by atoms with Crippen LogP contribution in [0.3, 0.4) is 0 Å². The van der Waals surface area contributed by atoms with Gasteiger partial charge in [0.1, 0.15) is 0 Å².